The van der Waals surface area contributed by atoms with Crippen LogP contribution in [0.15, 0.2) is 30.3 Å². The third-order valence-electron chi connectivity index (χ3n) is 1.59. The van der Waals surface area contributed by atoms with E-state index in [1.807, 2.05) is 25.1 Å². The highest BCUT2D eigenvalue weighted by molar-refractivity contribution is 5.15. The number of nitrogens with one attached hydrogen (secondary N) is 1. The van der Waals surface area contributed by atoms with Crippen molar-refractivity contribution in [1.82, 2.24) is 5.48 Å². The van der Waals surface area contributed by atoms with E-state index in [1.54, 1.807) is 0 Å². The summed E-state index contributed by atoms with van der Waals surface area (Å²) in [4.78, 5) is 0. The molecular formula is C9H13NO. The summed E-state index contributed by atoms with van der Waals surface area (Å²) in [6.45, 7) is 1.97. The van der Waals surface area contributed by atoms with Crippen molar-refractivity contribution in [3.8, 4) is 0 Å². The molecule has 0 aromatic heterocycles. The van der Waals surface area contributed by atoms with Crippen LogP contribution in [0.2, 0.25) is 1.43 Å². The van der Waals surface area contributed by atoms with Crippen LogP contribution in [-0.4, -0.2) is 11.3 Å². The summed E-state index contributed by atoms with van der Waals surface area (Å²) < 4.78 is 6.49. The molecule has 0 aliphatic heterocycles. The average Bonchev–Trinajstić information content (AvgIpc) is 2.06. The molecule has 1 aromatic carbocycles. The topological polar surface area (TPSA) is 32.3 Å². The Labute approximate surface area is 68.3 Å². The molecular weight excluding hydrogens is 138 g/mol. The molecule has 1 unspecified atom stereocenters. The summed E-state index contributed by atoms with van der Waals surface area (Å²) >= 11 is 0. The van der Waals surface area contributed by atoms with Crippen molar-refractivity contribution >= 4 is 0 Å². The van der Waals surface area contributed by atoms with Crippen LogP contribution < -0.4 is 5.48 Å². The number of rotatable bonds is 4. The van der Waals surface area contributed by atoms with Crippen molar-refractivity contribution in [3.05, 3.63) is 35.9 Å². The highest BCUT2D eigenvalue weighted by Gasteiger charge is 1.98. The van der Waals surface area contributed by atoms with Gasteiger partial charge in [0.2, 0.25) is 1.43 Å². The fourth-order valence-corrected chi connectivity index (χ4v) is 1.01. The Kier molecular flexibility index (Phi) is 2.55. The Morgan fingerprint density at radius 2 is 2.27 bits per heavy atom. The SMILES string of the molecule is [2H]ONC(C)Cc1ccccc1. The Balaban J connectivity index is 2.41. The van der Waals surface area contributed by atoms with Crippen LogP contribution in [0.4, 0.5) is 0 Å². The van der Waals surface area contributed by atoms with Gasteiger partial charge in [0.1, 0.15) is 0 Å². The Bertz CT molecular complexity index is 215. The van der Waals surface area contributed by atoms with Gasteiger partial charge in [0, 0.05) is 6.04 Å². The lowest BCUT2D eigenvalue weighted by atomic mass is 10.1. The molecule has 11 heavy (non-hydrogen) atoms. The smallest absolute Gasteiger partial charge is 0.238 e. The van der Waals surface area contributed by atoms with Gasteiger partial charge in [-0.3, -0.25) is 0 Å². The van der Waals surface area contributed by atoms with E-state index >= 15 is 0 Å². The Morgan fingerprint density at radius 3 is 2.91 bits per heavy atom. The lowest BCUT2D eigenvalue weighted by molar-refractivity contribution is 0.133. The van der Waals surface area contributed by atoms with Crippen LogP contribution in [-0.2, 0) is 6.42 Å². The minimum absolute atomic E-state index is 0.171. The van der Waals surface area contributed by atoms with E-state index in [0.717, 1.165) is 6.42 Å². The van der Waals surface area contributed by atoms with Crippen molar-refractivity contribution in [2.24, 2.45) is 0 Å². The average molecular weight is 152 g/mol. The van der Waals surface area contributed by atoms with Crippen LogP contribution in [0.3, 0.4) is 0 Å². The summed E-state index contributed by atoms with van der Waals surface area (Å²) in [5.41, 5.74) is 3.81. The van der Waals surface area contributed by atoms with Crippen molar-refractivity contribution in [2.75, 3.05) is 0 Å². The molecule has 0 fully saturated rings. The van der Waals surface area contributed by atoms with E-state index in [9.17, 15) is 0 Å². The molecule has 1 rings (SSSR count). The summed E-state index contributed by atoms with van der Waals surface area (Å²) in [6, 6.07) is 10.3. The van der Waals surface area contributed by atoms with Gasteiger partial charge >= 0.3 is 0 Å². The van der Waals surface area contributed by atoms with Gasteiger partial charge in [0.25, 0.3) is 0 Å². The lowest BCUT2D eigenvalue weighted by Gasteiger charge is -2.07. The lowest BCUT2D eigenvalue weighted by Crippen LogP contribution is -2.24. The normalized spacial score (nSPS) is 14.1. The summed E-state index contributed by atoms with van der Waals surface area (Å²) in [5, 5.41) is 4.08. The number of benzene rings is 1. The van der Waals surface area contributed by atoms with Crippen molar-refractivity contribution in [3.63, 3.8) is 0 Å². The molecule has 0 saturated heterocycles. The minimum Gasteiger partial charge on any atom is -0.317 e. The summed E-state index contributed by atoms with van der Waals surface area (Å²) in [6.07, 6.45) is 0.875. The monoisotopic (exact) mass is 152 g/mol. The molecule has 2 heteroatoms. The first kappa shape index (κ1) is 6.83. The molecule has 0 spiro atoms. The van der Waals surface area contributed by atoms with Gasteiger partial charge < -0.3 is 5.21 Å². The molecule has 0 saturated carbocycles. The zero-order valence-corrected chi connectivity index (χ0v) is 6.58. The predicted molar refractivity (Wildman–Crippen MR) is 44.5 cm³/mol. The quantitative estimate of drug-likeness (QED) is 0.642. The van der Waals surface area contributed by atoms with Gasteiger partial charge in [-0.05, 0) is 18.9 Å². The third kappa shape index (κ3) is 2.70. The minimum atomic E-state index is 0.171. The number of hydroxylamine groups is 1. The maximum absolute atomic E-state index is 6.49. The first-order chi connectivity index (χ1) is 5.83. The second-order valence-electron chi connectivity index (χ2n) is 2.71. The highest BCUT2D eigenvalue weighted by atomic mass is 16.5. The van der Waals surface area contributed by atoms with Crippen LogP contribution in [0.5, 0.6) is 0 Å². The molecule has 0 radical (unpaired) electrons. The summed E-state index contributed by atoms with van der Waals surface area (Å²) in [7, 11) is 0. The molecule has 0 aliphatic rings. The molecule has 0 bridgehead atoms. The van der Waals surface area contributed by atoms with E-state index in [4.69, 9.17) is 1.43 Å². The third-order valence-corrected chi connectivity index (χ3v) is 1.59. The molecule has 0 amide bonds. The van der Waals surface area contributed by atoms with Crippen molar-refractivity contribution in [1.29, 1.82) is 0 Å². The van der Waals surface area contributed by atoms with E-state index in [2.05, 4.69) is 22.8 Å². The van der Waals surface area contributed by atoms with Gasteiger partial charge in [-0.1, -0.05) is 30.3 Å². The fraction of sp³-hybridized carbons (Fsp3) is 0.333. The van der Waals surface area contributed by atoms with Crippen LogP contribution in [0.25, 0.3) is 0 Å². The Morgan fingerprint density at radius 1 is 1.55 bits per heavy atom. The van der Waals surface area contributed by atoms with Crippen molar-refractivity contribution in [2.45, 2.75) is 19.4 Å². The maximum Gasteiger partial charge on any atom is 0.238 e. The van der Waals surface area contributed by atoms with Crippen LogP contribution in [0, 0.1) is 0 Å². The zero-order valence-electron chi connectivity index (χ0n) is 7.58. The van der Waals surface area contributed by atoms with Crippen LogP contribution in [0.1, 0.15) is 12.5 Å². The number of hydrogen-bond donors (Lipinski definition) is 2. The van der Waals surface area contributed by atoms with Gasteiger partial charge in [-0.25, -0.2) is 5.48 Å². The molecule has 2 nitrogen and oxygen atoms in total. The molecule has 1 atom stereocenters. The largest absolute Gasteiger partial charge is 0.317 e. The Hall–Kier alpha value is -0.860. The van der Waals surface area contributed by atoms with Gasteiger partial charge in [-0.15, -0.1) is 0 Å². The highest BCUT2D eigenvalue weighted by Crippen LogP contribution is 2.01. The maximum atomic E-state index is 6.49. The standard InChI is InChI=1S/C9H13NO/c1-8(10-11)7-9-5-3-2-4-6-9/h2-6,8,10-11H,7H2,1H3/i11D. The zero-order chi connectivity index (χ0) is 8.81. The van der Waals surface area contributed by atoms with E-state index in [1.165, 1.54) is 5.56 Å². The fourth-order valence-electron chi connectivity index (χ4n) is 1.01. The molecule has 60 valence electrons. The first-order valence-electron chi connectivity index (χ1n) is 4.15. The van der Waals surface area contributed by atoms with Gasteiger partial charge in [0.15, 0.2) is 0 Å². The van der Waals surface area contributed by atoms with E-state index < -0.39 is 0 Å². The second kappa shape index (κ2) is 4.11. The molecule has 0 heterocycles. The van der Waals surface area contributed by atoms with Gasteiger partial charge in [0.05, 0.1) is 0 Å². The molecule has 1 aromatic rings. The van der Waals surface area contributed by atoms with E-state index in [0.29, 0.717) is 0 Å². The van der Waals surface area contributed by atoms with Crippen LogP contribution >= 0.6 is 0 Å². The summed E-state index contributed by atoms with van der Waals surface area (Å²) in [5.74, 6) is 0. The number of hydrogen-bond acceptors (Lipinski definition) is 2. The van der Waals surface area contributed by atoms with Gasteiger partial charge in [-0.2, -0.15) is 0 Å². The predicted octanol–water partition coefficient (Wildman–Crippen LogP) is 1.60. The molecule has 2 N–H and O–H groups in total. The second-order valence-corrected chi connectivity index (χ2v) is 2.71. The molecule has 0 aliphatic carbocycles. The first-order valence-corrected chi connectivity index (χ1v) is 3.74. The van der Waals surface area contributed by atoms with Crippen molar-refractivity contribution < 1.29 is 6.64 Å². The van der Waals surface area contributed by atoms with E-state index in [-0.39, 0.29) is 6.04 Å².